The second kappa shape index (κ2) is 7.39. The van der Waals surface area contributed by atoms with Crippen LogP contribution in [0.5, 0.6) is 11.5 Å². The van der Waals surface area contributed by atoms with Crippen molar-refractivity contribution in [3.8, 4) is 11.5 Å². The quantitative estimate of drug-likeness (QED) is 0.693. The number of hydrogen-bond acceptors (Lipinski definition) is 6. The monoisotopic (exact) mass is 349 g/mol. The Kier molecular flexibility index (Phi) is 5.03. The van der Waals surface area contributed by atoms with Gasteiger partial charge in [-0.1, -0.05) is 6.07 Å². The predicted octanol–water partition coefficient (Wildman–Crippen LogP) is -0.0579. The summed E-state index contributed by atoms with van der Waals surface area (Å²) < 4.78 is 15.7. The van der Waals surface area contributed by atoms with Crippen molar-refractivity contribution < 1.29 is 28.6 Å². The standard InChI is InChI=1S/C16H19N3O6/c1-23-5-4-18(15(21)9-19-14(20)7-17-16(19)22)8-11-2-3-12-13(6-11)25-10-24-12/h2-3,6H,4-5,7-10H2,1H3,(H,17,22). The van der Waals surface area contributed by atoms with Crippen molar-refractivity contribution in [3.63, 3.8) is 0 Å². The summed E-state index contributed by atoms with van der Waals surface area (Å²) >= 11 is 0. The third-order valence-electron chi connectivity index (χ3n) is 3.96. The van der Waals surface area contributed by atoms with Crippen LogP contribution < -0.4 is 14.8 Å². The van der Waals surface area contributed by atoms with Gasteiger partial charge in [-0.15, -0.1) is 0 Å². The molecule has 1 saturated heterocycles. The first-order valence-electron chi connectivity index (χ1n) is 7.82. The maximum Gasteiger partial charge on any atom is 0.325 e. The van der Waals surface area contributed by atoms with E-state index >= 15 is 0 Å². The molecular formula is C16H19N3O6. The van der Waals surface area contributed by atoms with Gasteiger partial charge in [0.1, 0.15) is 6.54 Å². The van der Waals surface area contributed by atoms with Crippen LogP contribution in [0.2, 0.25) is 0 Å². The smallest absolute Gasteiger partial charge is 0.325 e. The number of methoxy groups -OCH3 is 1. The van der Waals surface area contributed by atoms with Gasteiger partial charge in [-0.2, -0.15) is 0 Å². The van der Waals surface area contributed by atoms with Gasteiger partial charge in [-0.25, -0.2) is 4.79 Å². The molecule has 1 N–H and O–H groups in total. The van der Waals surface area contributed by atoms with Crippen molar-refractivity contribution in [2.24, 2.45) is 0 Å². The molecule has 0 spiro atoms. The Labute approximate surface area is 144 Å². The number of fused-ring (bicyclic) bond motifs is 1. The van der Waals surface area contributed by atoms with E-state index in [1.165, 1.54) is 0 Å². The molecule has 2 aliphatic rings. The average Bonchev–Trinajstić information content (AvgIpc) is 3.19. The lowest BCUT2D eigenvalue weighted by Gasteiger charge is -2.24. The third-order valence-corrected chi connectivity index (χ3v) is 3.96. The Morgan fingerprint density at radius 2 is 2.12 bits per heavy atom. The molecule has 0 bridgehead atoms. The number of nitrogens with zero attached hydrogens (tertiary/aromatic N) is 2. The fraction of sp³-hybridized carbons (Fsp3) is 0.438. The molecular weight excluding hydrogens is 330 g/mol. The Morgan fingerprint density at radius 3 is 2.84 bits per heavy atom. The summed E-state index contributed by atoms with van der Waals surface area (Å²) in [6.45, 7) is 0.801. The van der Waals surface area contributed by atoms with Gasteiger partial charge in [0.05, 0.1) is 13.2 Å². The first-order valence-corrected chi connectivity index (χ1v) is 7.82. The van der Waals surface area contributed by atoms with Crippen molar-refractivity contribution in [1.29, 1.82) is 0 Å². The Hall–Kier alpha value is -2.81. The predicted molar refractivity (Wildman–Crippen MR) is 85.0 cm³/mol. The van der Waals surface area contributed by atoms with Crippen LogP contribution >= 0.6 is 0 Å². The maximum atomic E-state index is 12.6. The van der Waals surface area contributed by atoms with Gasteiger partial charge in [-0.3, -0.25) is 14.5 Å². The highest BCUT2D eigenvalue weighted by Gasteiger charge is 2.31. The number of rotatable bonds is 7. The molecule has 3 rings (SSSR count). The second-order valence-electron chi connectivity index (χ2n) is 5.63. The van der Waals surface area contributed by atoms with Gasteiger partial charge in [-0.05, 0) is 17.7 Å². The molecule has 9 nitrogen and oxygen atoms in total. The number of amides is 4. The molecule has 0 unspecified atom stereocenters. The summed E-state index contributed by atoms with van der Waals surface area (Å²) in [7, 11) is 1.54. The topological polar surface area (TPSA) is 97.4 Å². The van der Waals surface area contributed by atoms with Gasteiger partial charge in [0.25, 0.3) is 5.91 Å². The molecule has 1 aromatic carbocycles. The van der Waals surface area contributed by atoms with Crippen LogP contribution in [0.25, 0.3) is 0 Å². The zero-order valence-corrected chi connectivity index (χ0v) is 13.8. The van der Waals surface area contributed by atoms with Crippen LogP contribution in [-0.4, -0.2) is 67.8 Å². The lowest BCUT2D eigenvalue weighted by Crippen LogP contribution is -2.43. The van der Waals surface area contributed by atoms with Crippen LogP contribution in [0.15, 0.2) is 18.2 Å². The minimum Gasteiger partial charge on any atom is -0.454 e. The molecule has 0 aromatic heterocycles. The number of hydrogen-bond donors (Lipinski definition) is 1. The van der Waals surface area contributed by atoms with E-state index < -0.39 is 11.9 Å². The minimum atomic E-state index is -0.548. The zero-order chi connectivity index (χ0) is 17.8. The normalized spacial score (nSPS) is 15.5. The summed E-state index contributed by atoms with van der Waals surface area (Å²) in [6.07, 6.45) is 0. The first-order chi connectivity index (χ1) is 12.1. The van der Waals surface area contributed by atoms with E-state index in [0.29, 0.717) is 31.2 Å². The second-order valence-corrected chi connectivity index (χ2v) is 5.63. The molecule has 2 aliphatic heterocycles. The van der Waals surface area contributed by atoms with E-state index in [-0.39, 0.29) is 25.8 Å². The largest absolute Gasteiger partial charge is 0.454 e. The summed E-state index contributed by atoms with van der Waals surface area (Å²) in [5.41, 5.74) is 0.853. The number of carbonyl (C=O) groups excluding carboxylic acids is 3. The van der Waals surface area contributed by atoms with Crippen LogP contribution in [0, 0.1) is 0 Å². The SMILES string of the molecule is COCCN(Cc1ccc2c(c1)OCO2)C(=O)CN1C(=O)CNC1=O. The lowest BCUT2D eigenvalue weighted by molar-refractivity contribution is -0.137. The fourth-order valence-corrected chi connectivity index (χ4v) is 2.60. The van der Waals surface area contributed by atoms with Crippen molar-refractivity contribution in [1.82, 2.24) is 15.1 Å². The van der Waals surface area contributed by atoms with Gasteiger partial charge in [0.15, 0.2) is 11.5 Å². The van der Waals surface area contributed by atoms with Crippen molar-refractivity contribution in [2.75, 3.05) is 40.1 Å². The van der Waals surface area contributed by atoms with Crippen molar-refractivity contribution >= 4 is 17.8 Å². The Bertz CT molecular complexity index is 676. The molecule has 0 atom stereocenters. The lowest BCUT2D eigenvalue weighted by atomic mass is 10.2. The number of urea groups is 1. The summed E-state index contributed by atoms with van der Waals surface area (Å²) in [4.78, 5) is 38.3. The zero-order valence-electron chi connectivity index (χ0n) is 13.8. The maximum absolute atomic E-state index is 12.6. The highest BCUT2D eigenvalue weighted by atomic mass is 16.7. The summed E-state index contributed by atoms with van der Waals surface area (Å²) in [5.74, 6) is 0.553. The molecule has 2 heterocycles. The number of benzene rings is 1. The van der Waals surface area contributed by atoms with Crippen LogP contribution in [0.4, 0.5) is 4.79 Å². The molecule has 134 valence electrons. The molecule has 9 heteroatoms. The molecule has 0 saturated carbocycles. The fourth-order valence-electron chi connectivity index (χ4n) is 2.60. The van der Waals surface area contributed by atoms with Gasteiger partial charge in [0.2, 0.25) is 12.7 Å². The van der Waals surface area contributed by atoms with Gasteiger partial charge >= 0.3 is 6.03 Å². The van der Waals surface area contributed by atoms with E-state index in [0.717, 1.165) is 10.5 Å². The number of imide groups is 1. The van der Waals surface area contributed by atoms with Crippen molar-refractivity contribution in [3.05, 3.63) is 23.8 Å². The van der Waals surface area contributed by atoms with Crippen LogP contribution in [0.3, 0.4) is 0 Å². The molecule has 4 amide bonds. The van der Waals surface area contributed by atoms with Gasteiger partial charge in [0, 0.05) is 20.2 Å². The van der Waals surface area contributed by atoms with E-state index in [1.54, 1.807) is 18.1 Å². The summed E-state index contributed by atoms with van der Waals surface area (Å²) in [6, 6.07) is 4.89. The highest BCUT2D eigenvalue weighted by molar-refractivity contribution is 6.04. The van der Waals surface area contributed by atoms with E-state index in [9.17, 15) is 14.4 Å². The number of carbonyl (C=O) groups is 3. The van der Waals surface area contributed by atoms with E-state index in [2.05, 4.69) is 5.32 Å². The van der Waals surface area contributed by atoms with E-state index in [4.69, 9.17) is 14.2 Å². The molecule has 25 heavy (non-hydrogen) atoms. The first kappa shape index (κ1) is 17.0. The Balaban J connectivity index is 1.69. The molecule has 1 aromatic rings. The van der Waals surface area contributed by atoms with Crippen molar-refractivity contribution in [2.45, 2.75) is 6.54 Å². The third kappa shape index (κ3) is 3.82. The number of nitrogens with one attached hydrogen (secondary N) is 1. The molecule has 0 radical (unpaired) electrons. The highest BCUT2D eigenvalue weighted by Crippen LogP contribution is 2.32. The summed E-state index contributed by atoms with van der Waals surface area (Å²) in [5, 5.41) is 2.40. The average molecular weight is 349 g/mol. The van der Waals surface area contributed by atoms with Crippen LogP contribution in [0.1, 0.15) is 5.56 Å². The minimum absolute atomic E-state index is 0.0770. The Morgan fingerprint density at radius 1 is 1.32 bits per heavy atom. The molecule has 1 fully saturated rings. The number of ether oxygens (including phenoxy) is 3. The van der Waals surface area contributed by atoms with E-state index in [1.807, 2.05) is 12.1 Å². The van der Waals surface area contributed by atoms with Crippen LogP contribution in [-0.2, 0) is 20.9 Å². The molecule has 0 aliphatic carbocycles. The van der Waals surface area contributed by atoms with Gasteiger partial charge < -0.3 is 24.4 Å².